The first-order valence-corrected chi connectivity index (χ1v) is 10.1. The predicted molar refractivity (Wildman–Crippen MR) is 104 cm³/mol. The zero-order valence-corrected chi connectivity index (χ0v) is 16.1. The highest BCUT2D eigenvalue weighted by atomic mass is 32.1. The zero-order chi connectivity index (χ0) is 18.8. The van der Waals surface area contributed by atoms with Gasteiger partial charge in [0.25, 0.3) is 0 Å². The molecule has 0 aromatic carbocycles. The van der Waals surface area contributed by atoms with Crippen LogP contribution >= 0.6 is 11.3 Å². The molecule has 5 rings (SSSR count). The first-order valence-electron chi connectivity index (χ1n) is 9.24. The van der Waals surface area contributed by atoms with Crippen molar-refractivity contribution in [1.29, 1.82) is 0 Å². The molecular weight excluding hydrogens is 380 g/mol. The van der Waals surface area contributed by atoms with Gasteiger partial charge in [-0.25, -0.2) is 9.67 Å². The Kier molecular flexibility index (Phi) is 4.85. The van der Waals surface area contributed by atoms with Gasteiger partial charge >= 0.3 is 0 Å². The second kappa shape index (κ2) is 7.78. The molecule has 0 bridgehead atoms. The predicted octanol–water partition coefficient (Wildman–Crippen LogP) is 0.854. The van der Waals surface area contributed by atoms with Crippen molar-refractivity contribution in [3.63, 3.8) is 0 Å². The van der Waals surface area contributed by atoms with Crippen molar-refractivity contribution < 1.29 is 9.47 Å². The summed E-state index contributed by atoms with van der Waals surface area (Å²) >= 11 is 1.51. The molecule has 0 spiro atoms. The maximum atomic E-state index is 5.47. The molecule has 0 N–H and O–H groups in total. The van der Waals surface area contributed by atoms with Crippen molar-refractivity contribution >= 4 is 23.2 Å². The van der Waals surface area contributed by atoms with Crippen LogP contribution in [0.1, 0.15) is 0 Å². The molecule has 2 saturated heterocycles. The van der Waals surface area contributed by atoms with Crippen molar-refractivity contribution in [2.75, 3.05) is 62.4 Å². The van der Waals surface area contributed by atoms with Gasteiger partial charge < -0.3 is 19.3 Å². The van der Waals surface area contributed by atoms with Crippen LogP contribution in [0.15, 0.2) is 23.8 Å². The van der Waals surface area contributed by atoms with Gasteiger partial charge in [0.05, 0.1) is 26.4 Å². The number of hydrogen-bond acceptors (Lipinski definition) is 10. The first-order chi connectivity index (χ1) is 13.9. The topological polar surface area (TPSA) is 94.3 Å². The summed E-state index contributed by atoms with van der Waals surface area (Å²) in [6.45, 7) is 5.76. The first kappa shape index (κ1) is 17.5. The normalized spacial score (nSPS) is 17.9. The summed E-state index contributed by atoms with van der Waals surface area (Å²) in [6, 6.07) is 1.87. The largest absolute Gasteiger partial charge is 0.378 e. The van der Waals surface area contributed by atoms with E-state index in [9.17, 15) is 0 Å². The Balaban J connectivity index is 1.52. The summed E-state index contributed by atoms with van der Waals surface area (Å²) in [6.07, 6.45) is 3.60. The Morgan fingerprint density at radius 3 is 2.04 bits per heavy atom. The molecule has 0 aliphatic carbocycles. The molecule has 2 fully saturated rings. The van der Waals surface area contributed by atoms with E-state index >= 15 is 0 Å². The summed E-state index contributed by atoms with van der Waals surface area (Å²) < 4.78 is 12.7. The molecule has 0 amide bonds. The van der Waals surface area contributed by atoms with Crippen LogP contribution in [-0.2, 0) is 9.47 Å². The molecule has 0 saturated carbocycles. The van der Waals surface area contributed by atoms with Crippen molar-refractivity contribution in [1.82, 2.24) is 29.7 Å². The Bertz CT molecular complexity index is 883. The summed E-state index contributed by atoms with van der Waals surface area (Å²) in [5, 5.41) is 6.98. The van der Waals surface area contributed by atoms with Gasteiger partial charge in [-0.2, -0.15) is 20.1 Å². The molecule has 10 nitrogen and oxygen atoms in total. The third kappa shape index (κ3) is 3.55. The van der Waals surface area contributed by atoms with Crippen LogP contribution in [-0.4, -0.2) is 82.3 Å². The molecule has 2 aliphatic heterocycles. The van der Waals surface area contributed by atoms with Crippen molar-refractivity contribution in [3.8, 4) is 16.6 Å². The fourth-order valence-electron chi connectivity index (χ4n) is 3.13. The second-order valence-corrected chi connectivity index (χ2v) is 7.26. The van der Waals surface area contributed by atoms with Gasteiger partial charge in [0.15, 0.2) is 5.82 Å². The van der Waals surface area contributed by atoms with Gasteiger partial charge in [0.2, 0.25) is 17.0 Å². The molecule has 0 radical (unpaired) electrons. The van der Waals surface area contributed by atoms with Crippen LogP contribution in [0.3, 0.4) is 0 Å². The molecule has 0 unspecified atom stereocenters. The highest BCUT2D eigenvalue weighted by Crippen LogP contribution is 2.25. The standard InChI is InChI=1S/C17H20N8O2S/c1-2-18-25(3-1)17-19-13(12-28-17)14-20-15(23-4-8-26-9-5-23)22-16(21-14)24-6-10-27-11-7-24/h1-3,12H,4-11H2. The van der Waals surface area contributed by atoms with Crippen molar-refractivity contribution in [3.05, 3.63) is 23.8 Å². The summed E-state index contributed by atoms with van der Waals surface area (Å²) in [4.78, 5) is 23.1. The number of thiazole rings is 1. The monoisotopic (exact) mass is 400 g/mol. The quantitative estimate of drug-likeness (QED) is 0.632. The molecule has 0 atom stereocenters. The van der Waals surface area contributed by atoms with Gasteiger partial charge in [-0.3, -0.25) is 0 Å². The number of anilines is 2. The Morgan fingerprint density at radius 1 is 0.821 bits per heavy atom. The molecule has 3 aromatic rings. The van der Waals surface area contributed by atoms with Gasteiger partial charge in [-0.1, -0.05) is 0 Å². The van der Waals surface area contributed by atoms with Crippen LogP contribution in [0.2, 0.25) is 0 Å². The average molecular weight is 400 g/mol. The van der Waals surface area contributed by atoms with E-state index in [1.165, 1.54) is 11.3 Å². The smallest absolute Gasteiger partial charge is 0.230 e. The molecule has 5 heterocycles. The number of nitrogens with zero attached hydrogens (tertiary/aromatic N) is 8. The van der Waals surface area contributed by atoms with E-state index in [0.29, 0.717) is 44.1 Å². The zero-order valence-electron chi connectivity index (χ0n) is 15.3. The van der Waals surface area contributed by atoms with Gasteiger partial charge in [-0.05, 0) is 6.07 Å². The highest BCUT2D eigenvalue weighted by molar-refractivity contribution is 7.12. The average Bonchev–Trinajstić information content (AvgIpc) is 3.47. The number of ether oxygens (including phenoxy) is 2. The Morgan fingerprint density at radius 2 is 1.46 bits per heavy atom. The van der Waals surface area contributed by atoms with E-state index in [2.05, 4.69) is 19.9 Å². The minimum absolute atomic E-state index is 0.577. The van der Waals surface area contributed by atoms with Crippen molar-refractivity contribution in [2.24, 2.45) is 0 Å². The lowest BCUT2D eigenvalue weighted by molar-refractivity contribution is 0.121. The van der Waals surface area contributed by atoms with Crippen LogP contribution in [0.4, 0.5) is 11.9 Å². The number of morpholine rings is 2. The lowest BCUT2D eigenvalue weighted by Gasteiger charge is -2.30. The Labute approximate surface area is 165 Å². The van der Waals surface area contributed by atoms with E-state index in [1.54, 1.807) is 10.9 Å². The summed E-state index contributed by atoms with van der Waals surface area (Å²) in [5.41, 5.74) is 0.724. The van der Waals surface area contributed by atoms with E-state index in [-0.39, 0.29) is 0 Å². The molecule has 2 aliphatic rings. The lowest BCUT2D eigenvalue weighted by atomic mass is 10.4. The Hall–Kier alpha value is -2.63. The molecule has 3 aromatic heterocycles. The van der Waals surface area contributed by atoms with Crippen LogP contribution in [0, 0.1) is 0 Å². The third-order valence-electron chi connectivity index (χ3n) is 4.62. The van der Waals surface area contributed by atoms with E-state index < -0.39 is 0 Å². The van der Waals surface area contributed by atoms with Crippen molar-refractivity contribution in [2.45, 2.75) is 0 Å². The van der Waals surface area contributed by atoms with Gasteiger partial charge in [0.1, 0.15) is 5.69 Å². The molecular formula is C17H20N8O2S. The number of rotatable bonds is 4. The minimum atomic E-state index is 0.577. The fraction of sp³-hybridized carbons (Fsp3) is 0.471. The molecule has 11 heteroatoms. The SMILES string of the molecule is c1cnn(-c2nc(-c3nc(N4CCOCC4)nc(N4CCOCC4)n3)cs2)c1. The van der Waals surface area contributed by atoms with Crippen LogP contribution < -0.4 is 9.80 Å². The van der Waals surface area contributed by atoms with Crippen LogP contribution in [0.5, 0.6) is 0 Å². The summed E-state index contributed by atoms with van der Waals surface area (Å²) in [5.74, 6) is 1.92. The summed E-state index contributed by atoms with van der Waals surface area (Å²) in [7, 11) is 0. The maximum Gasteiger partial charge on any atom is 0.230 e. The second-order valence-electron chi connectivity index (χ2n) is 6.42. The molecule has 28 heavy (non-hydrogen) atoms. The van der Waals surface area contributed by atoms with E-state index in [4.69, 9.17) is 24.4 Å². The van der Waals surface area contributed by atoms with Gasteiger partial charge in [0, 0.05) is 44.0 Å². The number of hydrogen-bond donors (Lipinski definition) is 0. The van der Waals surface area contributed by atoms with Crippen LogP contribution in [0.25, 0.3) is 16.6 Å². The van der Waals surface area contributed by atoms with E-state index in [0.717, 1.165) is 37.0 Å². The van der Waals surface area contributed by atoms with E-state index in [1.807, 2.05) is 17.6 Å². The third-order valence-corrected chi connectivity index (χ3v) is 5.45. The maximum absolute atomic E-state index is 5.47. The highest BCUT2D eigenvalue weighted by Gasteiger charge is 2.22. The fourth-order valence-corrected chi connectivity index (χ4v) is 3.87. The lowest BCUT2D eigenvalue weighted by Crippen LogP contribution is -2.40. The van der Waals surface area contributed by atoms with Gasteiger partial charge in [-0.15, -0.1) is 11.3 Å². The number of aromatic nitrogens is 6. The minimum Gasteiger partial charge on any atom is -0.378 e. The molecule has 146 valence electrons.